The number of carbonyl (C=O) groups is 1. The Balaban J connectivity index is 1.73. The first kappa shape index (κ1) is 18.5. The van der Waals surface area contributed by atoms with Crippen LogP contribution in [0.15, 0.2) is 57.7 Å². The van der Waals surface area contributed by atoms with E-state index >= 15 is 0 Å². The molecule has 0 atom stereocenters. The van der Waals surface area contributed by atoms with E-state index in [1.54, 1.807) is 30.3 Å². The minimum absolute atomic E-state index is 0.183. The van der Waals surface area contributed by atoms with Crippen LogP contribution in [0.1, 0.15) is 25.3 Å². The van der Waals surface area contributed by atoms with Crippen LogP contribution in [0, 0.1) is 0 Å². The number of fused-ring (bicyclic) bond motifs is 1. The fraction of sp³-hybridized carbons (Fsp3) is 0.238. The molecule has 1 aromatic heterocycles. The van der Waals surface area contributed by atoms with Crippen molar-refractivity contribution in [2.45, 2.75) is 19.8 Å². The monoisotopic (exact) mass is 367 g/mol. The second-order valence-electron chi connectivity index (χ2n) is 6.37. The molecule has 0 spiro atoms. The van der Waals surface area contributed by atoms with Crippen LogP contribution in [0.4, 0.5) is 5.69 Å². The Bertz CT molecular complexity index is 1020. The van der Waals surface area contributed by atoms with Gasteiger partial charge in [-0.05, 0) is 35.7 Å². The molecule has 0 saturated carbocycles. The number of nitrogens with one attached hydrogen (secondary N) is 1. The molecular formula is C21H21NO5. The van der Waals surface area contributed by atoms with Crippen molar-refractivity contribution >= 4 is 22.6 Å². The van der Waals surface area contributed by atoms with E-state index in [1.165, 1.54) is 13.2 Å². The maximum Gasteiger partial charge on any atom is 0.336 e. The average Bonchev–Trinajstić information content (AvgIpc) is 2.65. The van der Waals surface area contributed by atoms with Gasteiger partial charge in [0, 0.05) is 17.5 Å². The van der Waals surface area contributed by atoms with E-state index in [2.05, 4.69) is 5.32 Å². The second-order valence-corrected chi connectivity index (χ2v) is 6.37. The molecule has 3 rings (SSSR count). The molecule has 0 fully saturated rings. The van der Waals surface area contributed by atoms with Crippen LogP contribution in [0.25, 0.3) is 11.0 Å². The zero-order valence-electron chi connectivity index (χ0n) is 15.4. The lowest BCUT2D eigenvalue weighted by atomic mass is 10.00. The number of anilines is 1. The SMILES string of the molecule is COc1ccccc1NC(=O)COc1ccc2c(C(C)C)cc(=O)oc2c1. The van der Waals surface area contributed by atoms with E-state index in [-0.39, 0.29) is 18.4 Å². The maximum absolute atomic E-state index is 12.1. The highest BCUT2D eigenvalue weighted by Crippen LogP contribution is 2.27. The summed E-state index contributed by atoms with van der Waals surface area (Å²) in [6.45, 7) is 3.85. The Morgan fingerprint density at radius 3 is 2.67 bits per heavy atom. The van der Waals surface area contributed by atoms with Gasteiger partial charge in [-0.3, -0.25) is 4.79 Å². The molecule has 0 bridgehead atoms. The molecule has 0 unspecified atom stereocenters. The number of carbonyl (C=O) groups excluding carboxylic acids is 1. The Kier molecular flexibility index (Phi) is 5.45. The van der Waals surface area contributed by atoms with Gasteiger partial charge in [0.05, 0.1) is 12.8 Å². The third kappa shape index (κ3) is 4.28. The molecule has 1 N–H and O–H groups in total. The number of hydrogen-bond donors (Lipinski definition) is 1. The summed E-state index contributed by atoms with van der Waals surface area (Å²) in [5.41, 5.74) is 1.52. The van der Waals surface area contributed by atoms with Crippen LogP contribution in [0.3, 0.4) is 0 Å². The Hall–Kier alpha value is -3.28. The lowest BCUT2D eigenvalue weighted by molar-refractivity contribution is -0.118. The highest BCUT2D eigenvalue weighted by molar-refractivity contribution is 5.93. The first-order chi connectivity index (χ1) is 13.0. The highest BCUT2D eigenvalue weighted by Gasteiger charge is 2.11. The minimum atomic E-state index is -0.405. The smallest absolute Gasteiger partial charge is 0.336 e. The zero-order chi connectivity index (χ0) is 19.4. The first-order valence-electron chi connectivity index (χ1n) is 8.61. The Morgan fingerprint density at radius 1 is 1.15 bits per heavy atom. The van der Waals surface area contributed by atoms with Gasteiger partial charge in [-0.1, -0.05) is 26.0 Å². The molecule has 3 aromatic rings. The van der Waals surface area contributed by atoms with E-state index in [9.17, 15) is 9.59 Å². The Morgan fingerprint density at radius 2 is 1.93 bits per heavy atom. The lowest BCUT2D eigenvalue weighted by Crippen LogP contribution is -2.20. The van der Waals surface area contributed by atoms with Gasteiger partial charge in [0.25, 0.3) is 5.91 Å². The number of hydrogen-bond acceptors (Lipinski definition) is 5. The fourth-order valence-corrected chi connectivity index (χ4v) is 2.82. The molecule has 0 aliphatic rings. The molecule has 0 radical (unpaired) electrons. The summed E-state index contributed by atoms with van der Waals surface area (Å²) in [4.78, 5) is 23.9. The van der Waals surface area contributed by atoms with Gasteiger partial charge in [-0.25, -0.2) is 4.79 Å². The summed E-state index contributed by atoms with van der Waals surface area (Å²) >= 11 is 0. The summed E-state index contributed by atoms with van der Waals surface area (Å²) in [5, 5.41) is 3.60. The third-order valence-electron chi connectivity index (χ3n) is 4.12. The molecule has 140 valence electrons. The summed E-state index contributed by atoms with van der Waals surface area (Å²) in [7, 11) is 1.54. The molecule has 0 saturated heterocycles. The number of amides is 1. The maximum atomic E-state index is 12.1. The first-order valence-corrected chi connectivity index (χ1v) is 8.61. The van der Waals surface area contributed by atoms with Gasteiger partial charge < -0.3 is 19.2 Å². The number of benzene rings is 2. The molecule has 0 aliphatic carbocycles. The summed E-state index contributed by atoms with van der Waals surface area (Å²) in [6, 6.07) is 13.8. The highest BCUT2D eigenvalue weighted by atomic mass is 16.5. The van der Waals surface area contributed by atoms with Gasteiger partial charge in [-0.15, -0.1) is 0 Å². The standard InChI is InChI=1S/C21H21NO5/c1-13(2)16-11-21(24)27-19-10-14(8-9-15(16)19)26-12-20(23)22-17-6-4-5-7-18(17)25-3/h4-11,13H,12H2,1-3H3,(H,22,23). The minimum Gasteiger partial charge on any atom is -0.495 e. The number of para-hydroxylation sites is 2. The van der Waals surface area contributed by atoms with Crippen LogP contribution in [-0.2, 0) is 4.79 Å². The summed E-state index contributed by atoms with van der Waals surface area (Å²) in [6.07, 6.45) is 0. The summed E-state index contributed by atoms with van der Waals surface area (Å²) < 4.78 is 16.0. The van der Waals surface area contributed by atoms with Crippen molar-refractivity contribution in [3.63, 3.8) is 0 Å². The van der Waals surface area contributed by atoms with Gasteiger partial charge in [-0.2, -0.15) is 0 Å². The van der Waals surface area contributed by atoms with E-state index < -0.39 is 5.63 Å². The molecule has 6 heteroatoms. The molecule has 2 aromatic carbocycles. The largest absolute Gasteiger partial charge is 0.495 e. The van der Waals surface area contributed by atoms with Crippen LogP contribution in [0.2, 0.25) is 0 Å². The van der Waals surface area contributed by atoms with Crippen molar-refractivity contribution < 1.29 is 18.7 Å². The van der Waals surface area contributed by atoms with Crippen molar-refractivity contribution in [2.24, 2.45) is 0 Å². The van der Waals surface area contributed by atoms with Crippen molar-refractivity contribution in [1.29, 1.82) is 0 Å². The van der Waals surface area contributed by atoms with E-state index in [4.69, 9.17) is 13.9 Å². The van der Waals surface area contributed by atoms with Crippen LogP contribution in [-0.4, -0.2) is 19.6 Å². The average molecular weight is 367 g/mol. The predicted octanol–water partition coefficient (Wildman–Crippen LogP) is 3.94. The molecule has 1 heterocycles. The lowest BCUT2D eigenvalue weighted by Gasteiger charge is -2.12. The van der Waals surface area contributed by atoms with Crippen LogP contribution in [0.5, 0.6) is 11.5 Å². The van der Waals surface area contributed by atoms with Crippen LogP contribution < -0.4 is 20.4 Å². The number of ether oxygens (including phenoxy) is 2. The number of rotatable bonds is 6. The molecule has 1 amide bonds. The number of methoxy groups -OCH3 is 1. The topological polar surface area (TPSA) is 77.8 Å². The second kappa shape index (κ2) is 7.95. The van der Waals surface area contributed by atoms with E-state index in [0.717, 1.165) is 10.9 Å². The fourth-order valence-electron chi connectivity index (χ4n) is 2.82. The van der Waals surface area contributed by atoms with Gasteiger partial charge in [0.2, 0.25) is 0 Å². The van der Waals surface area contributed by atoms with Gasteiger partial charge in [0.1, 0.15) is 17.1 Å². The van der Waals surface area contributed by atoms with E-state index in [0.29, 0.717) is 22.8 Å². The van der Waals surface area contributed by atoms with Crippen LogP contribution >= 0.6 is 0 Å². The zero-order valence-corrected chi connectivity index (χ0v) is 15.4. The molecular weight excluding hydrogens is 346 g/mol. The quantitative estimate of drug-likeness (QED) is 0.668. The molecule has 6 nitrogen and oxygen atoms in total. The normalized spacial score (nSPS) is 10.8. The Labute approximate surface area is 156 Å². The van der Waals surface area contributed by atoms with Crippen molar-refractivity contribution in [3.05, 3.63) is 64.5 Å². The van der Waals surface area contributed by atoms with Crippen molar-refractivity contribution in [1.82, 2.24) is 0 Å². The predicted molar refractivity (Wildman–Crippen MR) is 104 cm³/mol. The van der Waals surface area contributed by atoms with Gasteiger partial charge >= 0.3 is 5.63 Å². The molecule has 27 heavy (non-hydrogen) atoms. The van der Waals surface area contributed by atoms with E-state index in [1.807, 2.05) is 26.0 Å². The summed E-state index contributed by atoms with van der Waals surface area (Å²) in [5.74, 6) is 0.883. The van der Waals surface area contributed by atoms with Crippen molar-refractivity contribution in [2.75, 3.05) is 19.0 Å². The van der Waals surface area contributed by atoms with Gasteiger partial charge in [0.15, 0.2) is 6.61 Å². The molecule has 0 aliphatic heterocycles. The van der Waals surface area contributed by atoms with Crippen molar-refractivity contribution in [3.8, 4) is 11.5 Å². The third-order valence-corrected chi connectivity index (χ3v) is 4.12.